The molecule has 0 radical (unpaired) electrons. The minimum atomic E-state index is -0.406. The summed E-state index contributed by atoms with van der Waals surface area (Å²) in [6.07, 6.45) is 3.47. The molecular formula is C14H22N2O4. The van der Waals surface area contributed by atoms with Crippen LogP contribution in [-0.2, 0) is 11.3 Å². The molecule has 20 heavy (non-hydrogen) atoms. The van der Waals surface area contributed by atoms with Gasteiger partial charge in [0.15, 0.2) is 5.75 Å². The second kappa shape index (κ2) is 7.42. The molecule has 2 heterocycles. The van der Waals surface area contributed by atoms with Crippen LogP contribution >= 0.6 is 0 Å². The van der Waals surface area contributed by atoms with E-state index >= 15 is 0 Å². The van der Waals surface area contributed by atoms with Crippen molar-refractivity contribution in [2.45, 2.75) is 25.4 Å². The summed E-state index contributed by atoms with van der Waals surface area (Å²) < 4.78 is 10.4. The molecule has 1 unspecified atom stereocenters. The molecule has 1 saturated heterocycles. The molecule has 0 amide bonds. The Morgan fingerprint density at radius 1 is 1.60 bits per heavy atom. The smallest absolute Gasteiger partial charge is 0.226 e. The zero-order valence-electron chi connectivity index (χ0n) is 11.8. The van der Waals surface area contributed by atoms with Crippen LogP contribution in [-0.4, -0.2) is 49.4 Å². The lowest BCUT2D eigenvalue weighted by Gasteiger charge is -2.24. The zero-order valence-corrected chi connectivity index (χ0v) is 11.8. The minimum Gasteiger partial charge on any atom is -0.502 e. The number of ether oxygens (including phenoxy) is 1. The summed E-state index contributed by atoms with van der Waals surface area (Å²) in [4.78, 5) is 13.6. The predicted octanol–water partition coefficient (Wildman–Crippen LogP) is 0.546. The maximum absolute atomic E-state index is 11.4. The van der Waals surface area contributed by atoms with Crippen molar-refractivity contribution < 1.29 is 14.3 Å². The van der Waals surface area contributed by atoms with Crippen LogP contribution in [0.5, 0.6) is 5.75 Å². The number of rotatable bonds is 7. The average molecular weight is 282 g/mol. The van der Waals surface area contributed by atoms with E-state index in [9.17, 15) is 9.90 Å². The highest BCUT2D eigenvalue weighted by molar-refractivity contribution is 5.15. The Morgan fingerprint density at radius 2 is 2.45 bits per heavy atom. The minimum absolute atomic E-state index is 0.352. The third-order valence-electron chi connectivity index (χ3n) is 3.50. The second-order valence-electron chi connectivity index (χ2n) is 5.12. The fraction of sp³-hybridized carbons (Fsp3) is 0.643. The van der Waals surface area contributed by atoms with Crippen molar-refractivity contribution in [3.05, 3.63) is 28.3 Å². The summed E-state index contributed by atoms with van der Waals surface area (Å²) in [5.74, 6) is 0.205. The van der Waals surface area contributed by atoms with Crippen molar-refractivity contribution in [1.82, 2.24) is 10.2 Å². The van der Waals surface area contributed by atoms with E-state index in [4.69, 9.17) is 9.15 Å². The van der Waals surface area contributed by atoms with Crippen molar-refractivity contribution in [2.75, 3.05) is 33.4 Å². The van der Waals surface area contributed by atoms with Crippen LogP contribution in [0, 0.1) is 0 Å². The Bertz CT molecular complexity index is 468. The molecule has 1 aliphatic rings. The first-order valence-corrected chi connectivity index (χ1v) is 6.94. The molecule has 1 fully saturated rings. The van der Waals surface area contributed by atoms with Gasteiger partial charge in [-0.2, -0.15) is 0 Å². The van der Waals surface area contributed by atoms with Crippen molar-refractivity contribution in [3.8, 4) is 5.75 Å². The van der Waals surface area contributed by atoms with E-state index in [-0.39, 0.29) is 5.75 Å². The maximum Gasteiger partial charge on any atom is 0.226 e. The van der Waals surface area contributed by atoms with Crippen LogP contribution in [0.1, 0.15) is 18.6 Å². The first-order chi connectivity index (χ1) is 9.69. The van der Waals surface area contributed by atoms with Crippen molar-refractivity contribution >= 4 is 0 Å². The van der Waals surface area contributed by atoms with Crippen LogP contribution in [0.4, 0.5) is 0 Å². The van der Waals surface area contributed by atoms with Crippen LogP contribution in [0.2, 0.25) is 0 Å². The number of nitrogens with one attached hydrogen (secondary N) is 1. The van der Waals surface area contributed by atoms with Gasteiger partial charge in [-0.3, -0.25) is 9.69 Å². The number of nitrogens with zero attached hydrogens (tertiary/aromatic N) is 1. The summed E-state index contributed by atoms with van der Waals surface area (Å²) in [5.41, 5.74) is -0.406. The predicted molar refractivity (Wildman–Crippen MR) is 74.8 cm³/mol. The van der Waals surface area contributed by atoms with Crippen LogP contribution < -0.4 is 10.7 Å². The normalized spacial score (nSPS) is 18.8. The van der Waals surface area contributed by atoms with Gasteiger partial charge in [0.05, 0.1) is 13.2 Å². The third-order valence-corrected chi connectivity index (χ3v) is 3.50. The maximum atomic E-state index is 11.4. The molecular weight excluding hydrogens is 260 g/mol. The van der Waals surface area contributed by atoms with E-state index in [1.807, 2.05) is 0 Å². The molecule has 2 rings (SSSR count). The summed E-state index contributed by atoms with van der Waals surface area (Å²) in [5, 5.41) is 12.7. The first kappa shape index (κ1) is 15.0. The molecule has 0 saturated carbocycles. The van der Waals surface area contributed by atoms with Gasteiger partial charge in [0, 0.05) is 32.3 Å². The summed E-state index contributed by atoms with van der Waals surface area (Å²) in [7, 11) is 1.67. The molecule has 6 heteroatoms. The highest BCUT2D eigenvalue weighted by Crippen LogP contribution is 2.11. The molecule has 2 N–H and O–H groups in total. The van der Waals surface area contributed by atoms with Gasteiger partial charge < -0.3 is 19.6 Å². The molecule has 0 aromatic carbocycles. The molecule has 1 aromatic heterocycles. The Morgan fingerprint density at radius 3 is 3.10 bits per heavy atom. The van der Waals surface area contributed by atoms with E-state index in [1.165, 1.54) is 18.9 Å². The lowest BCUT2D eigenvalue weighted by Crippen LogP contribution is -2.38. The first-order valence-electron chi connectivity index (χ1n) is 6.94. The molecule has 1 atom stereocenters. The average Bonchev–Trinajstić information content (AvgIpc) is 2.93. The van der Waals surface area contributed by atoms with Gasteiger partial charge >= 0.3 is 0 Å². The largest absolute Gasteiger partial charge is 0.502 e. The zero-order chi connectivity index (χ0) is 14.4. The fourth-order valence-electron chi connectivity index (χ4n) is 2.43. The molecule has 1 aromatic rings. The van der Waals surface area contributed by atoms with Gasteiger partial charge in [-0.05, 0) is 19.4 Å². The second-order valence-corrected chi connectivity index (χ2v) is 5.12. The van der Waals surface area contributed by atoms with Crippen LogP contribution in [0.25, 0.3) is 0 Å². The topological polar surface area (TPSA) is 74.9 Å². The lowest BCUT2D eigenvalue weighted by molar-refractivity contribution is 0.132. The summed E-state index contributed by atoms with van der Waals surface area (Å²) in [6, 6.07) is 1.83. The highest BCUT2D eigenvalue weighted by atomic mass is 16.5. The number of methoxy groups -OCH3 is 1. The van der Waals surface area contributed by atoms with Crippen molar-refractivity contribution in [3.63, 3.8) is 0 Å². The molecule has 1 aliphatic heterocycles. The number of hydrogen-bond donors (Lipinski definition) is 2. The Balaban J connectivity index is 1.97. The molecule has 112 valence electrons. The fourth-order valence-corrected chi connectivity index (χ4v) is 2.43. The lowest BCUT2D eigenvalue weighted by atomic mass is 10.2. The van der Waals surface area contributed by atoms with Crippen LogP contribution in [0.3, 0.4) is 0 Å². The molecule has 0 aliphatic carbocycles. The number of aromatic hydroxyl groups is 1. The van der Waals surface area contributed by atoms with Gasteiger partial charge in [0.2, 0.25) is 5.43 Å². The van der Waals surface area contributed by atoms with E-state index in [0.717, 1.165) is 25.9 Å². The highest BCUT2D eigenvalue weighted by Gasteiger charge is 2.18. The van der Waals surface area contributed by atoms with Gasteiger partial charge in [0.1, 0.15) is 12.0 Å². The van der Waals surface area contributed by atoms with Crippen molar-refractivity contribution in [1.29, 1.82) is 0 Å². The summed E-state index contributed by atoms with van der Waals surface area (Å²) >= 11 is 0. The Kier molecular flexibility index (Phi) is 5.58. The summed E-state index contributed by atoms with van der Waals surface area (Å²) in [6.45, 7) is 3.91. The van der Waals surface area contributed by atoms with E-state index in [2.05, 4.69) is 10.2 Å². The quantitative estimate of drug-likeness (QED) is 0.760. The van der Waals surface area contributed by atoms with E-state index in [0.29, 0.717) is 25.0 Å². The standard InChI is InChI=1S/C14H22N2O4/c1-19-6-5-16(8-11-3-2-4-15-11)9-12-7-13(17)14(18)10-20-12/h7,10-11,15,18H,2-6,8-9H2,1H3. The van der Waals surface area contributed by atoms with E-state index < -0.39 is 5.43 Å². The van der Waals surface area contributed by atoms with Gasteiger partial charge in [-0.1, -0.05) is 0 Å². The molecule has 0 bridgehead atoms. The van der Waals surface area contributed by atoms with Crippen molar-refractivity contribution in [2.24, 2.45) is 0 Å². The number of hydrogen-bond acceptors (Lipinski definition) is 6. The monoisotopic (exact) mass is 282 g/mol. The van der Waals surface area contributed by atoms with Gasteiger partial charge in [-0.25, -0.2) is 0 Å². The third kappa shape index (κ3) is 4.33. The molecule has 6 nitrogen and oxygen atoms in total. The van der Waals surface area contributed by atoms with E-state index in [1.54, 1.807) is 7.11 Å². The van der Waals surface area contributed by atoms with Gasteiger partial charge in [0.25, 0.3) is 0 Å². The van der Waals surface area contributed by atoms with Crippen LogP contribution in [0.15, 0.2) is 21.5 Å². The Hall–Kier alpha value is -1.37. The Labute approximate surface area is 118 Å². The molecule has 0 spiro atoms. The van der Waals surface area contributed by atoms with Gasteiger partial charge in [-0.15, -0.1) is 0 Å². The SMILES string of the molecule is COCCN(Cc1cc(=O)c(O)co1)CC1CCCN1.